The standard InChI is InChI=1S/C13H18N4O2S/c1-17(12-3-4-12)7-6-16-20(18,19)13-5-2-11(15)8-10(13)9-14/h2,5,8,12,16H,3-4,6-7,15H2,1H3. The Bertz CT molecular complexity index is 632. The van der Waals surface area contributed by atoms with Gasteiger partial charge in [0.05, 0.1) is 10.5 Å². The molecule has 0 amide bonds. The first-order valence-corrected chi connectivity index (χ1v) is 7.92. The van der Waals surface area contributed by atoms with Crippen LogP contribution in [0.25, 0.3) is 0 Å². The van der Waals surface area contributed by atoms with E-state index in [0.29, 0.717) is 24.8 Å². The highest BCUT2D eigenvalue weighted by molar-refractivity contribution is 7.89. The molecule has 1 fully saturated rings. The summed E-state index contributed by atoms with van der Waals surface area (Å²) in [4.78, 5) is 2.11. The number of nitrogens with two attached hydrogens (primary N) is 1. The number of nitriles is 1. The summed E-state index contributed by atoms with van der Waals surface area (Å²) in [6.45, 7) is 0.978. The van der Waals surface area contributed by atoms with Crippen molar-refractivity contribution in [3.8, 4) is 6.07 Å². The van der Waals surface area contributed by atoms with Gasteiger partial charge in [0, 0.05) is 24.8 Å². The highest BCUT2D eigenvalue weighted by atomic mass is 32.2. The van der Waals surface area contributed by atoms with Gasteiger partial charge in [0.2, 0.25) is 10.0 Å². The second kappa shape index (κ2) is 5.79. The summed E-state index contributed by atoms with van der Waals surface area (Å²) in [6.07, 6.45) is 2.36. The van der Waals surface area contributed by atoms with Gasteiger partial charge in [-0.05, 0) is 38.1 Å². The van der Waals surface area contributed by atoms with Gasteiger partial charge in [-0.2, -0.15) is 5.26 Å². The molecule has 0 saturated heterocycles. The quantitative estimate of drug-likeness (QED) is 0.745. The Hall–Kier alpha value is -1.62. The number of rotatable bonds is 6. The Morgan fingerprint density at radius 2 is 2.20 bits per heavy atom. The van der Waals surface area contributed by atoms with Crippen molar-refractivity contribution < 1.29 is 8.42 Å². The van der Waals surface area contributed by atoms with Crippen molar-refractivity contribution in [2.45, 2.75) is 23.8 Å². The van der Waals surface area contributed by atoms with Gasteiger partial charge in [-0.15, -0.1) is 0 Å². The molecule has 1 aromatic carbocycles. The van der Waals surface area contributed by atoms with Crippen molar-refractivity contribution in [1.29, 1.82) is 5.26 Å². The van der Waals surface area contributed by atoms with Crippen molar-refractivity contribution >= 4 is 15.7 Å². The van der Waals surface area contributed by atoms with Crippen LogP contribution >= 0.6 is 0 Å². The summed E-state index contributed by atoms with van der Waals surface area (Å²) < 4.78 is 26.9. The second-order valence-corrected chi connectivity index (χ2v) is 6.71. The van der Waals surface area contributed by atoms with E-state index < -0.39 is 10.0 Å². The van der Waals surface area contributed by atoms with Gasteiger partial charge < -0.3 is 10.6 Å². The van der Waals surface area contributed by atoms with Crippen LogP contribution in [0.5, 0.6) is 0 Å². The van der Waals surface area contributed by atoms with Crippen LogP contribution in [-0.4, -0.2) is 39.5 Å². The third-order valence-corrected chi connectivity index (χ3v) is 4.86. The molecular formula is C13H18N4O2S. The highest BCUT2D eigenvalue weighted by Crippen LogP contribution is 2.24. The Morgan fingerprint density at radius 3 is 2.80 bits per heavy atom. The minimum absolute atomic E-state index is 0.0247. The van der Waals surface area contributed by atoms with Crippen molar-refractivity contribution in [3.05, 3.63) is 23.8 Å². The van der Waals surface area contributed by atoms with Crippen molar-refractivity contribution in [2.24, 2.45) is 0 Å². The fourth-order valence-electron chi connectivity index (χ4n) is 2.00. The third kappa shape index (κ3) is 3.48. The minimum Gasteiger partial charge on any atom is -0.399 e. The van der Waals surface area contributed by atoms with Crippen LogP contribution in [0, 0.1) is 11.3 Å². The maximum atomic E-state index is 12.2. The predicted octanol–water partition coefficient (Wildman–Crippen LogP) is 0.513. The molecule has 0 aliphatic heterocycles. The van der Waals surface area contributed by atoms with Gasteiger partial charge in [0.25, 0.3) is 0 Å². The van der Waals surface area contributed by atoms with Gasteiger partial charge in [0.15, 0.2) is 0 Å². The molecule has 1 aliphatic carbocycles. The molecule has 0 aromatic heterocycles. The molecule has 2 rings (SSSR count). The number of nitrogens with zero attached hydrogens (tertiary/aromatic N) is 2. The SMILES string of the molecule is CN(CCNS(=O)(=O)c1ccc(N)cc1C#N)C1CC1. The maximum absolute atomic E-state index is 12.2. The number of hydrogen-bond acceptors (Lipinski definition) is 5. The van der Waals surface area contributed by atoms with Gasteiger partial charge in [-0.1, -0.05) is 0 Å². The molecule has 0 atom stereocenters. The van der Waals surface area contributed by atoms with Gasteiger partial charge in [-0.3, -0.25) is 0 Å². The zero-order valence-corrected chi connectivity index (χ0v) is 12.2. The van der Waals surface area contributed by atoms with Gasteiger partial charge >= 0.3 is 0 Å². The summed E-state index contributed by atoms with van der Waals surface area (Å²) in [5.74, 6) is 0. The Balaban J connectivity index is 2.04. The summed E-state index contributed by atoms with van der Waals surface area (Å²) in [6, 6.07) is 6.65. The van der Waals surface area contributed by atoms with Crippen LogP contribution in [0.15, 0.2) is 23.1 Å². The largest absolute Gasteiger partial charge is 0.399 e. The molecule has 0 bridgehead atoms. The average Bonchev–Trinajstić information content (AvgIpc) is 3.22. The molecule has 7 heteroatoms. The molecule has 20 heavy (non-hydrogen) atoms. The van der Waals surface area contributed by atoms with E-state index in [4.69, 9.17) is 11.0 Å². The monoisotopic (exact) mass is 294 g/mol. The summed E-state index contributed by atoms with van der Waals surface area (Å²) in [7, 11) is -1.69. The van der Waals surface area contributed by atoms with Crippen LogP contribution in [-0.2, 0) is 10.0 Å². The van der Waals surface area contributed by atoms with E-state index in [1.807, 2.05) is 13.1 Å². The van der Waals surface area contributed by atoms with E-state index in [9.17, 15) is 8.42 Å². The van der Waals surface area contributed by atoms with Gasteiger partial charge in [-0.25, -0.2) is 13.1 Å². The lowest BCUT2D eigenvalue weighted by atomic mass is 10.2. The molecule has 1 saturated carbocycles. The molecule has 0 heterocycles. The molecule has 0 radical (unpaired) electrons. The highest BCUT2D eigenvalue weighted by Gasteiger charge is 2.26. The maximum Gasteiger partial charge on any atom is 0.241 e. The number of hydrogen-bond donors (Lipinski definition) is 2. The van der Waals surface area contributed by atoms with Gasteiger partial charge in [0.1, 0.15) is 6.07 Å². The van der Waals surface area contributed by atoms with Crippen molar-refractivity contribution in [2.75, 3.05) is 25.9 Å². The fourth-order valence-corrected chi connectivity index (χ4v) is 3.16. The molecule has 0 unspecified atom stereocenters. The smallest absolute Gasteiger partial charge is 0.241 e. The van der Waals surface area contributed by atoms with E-state index in [-0.39, 0.29) is 10.5 Å². The normalized spacial score (nSPS) is 15.2. The number of likely N-dealkylation sites (N-methyl/N-ethyl adjacent to an activating group) is 1. The predicted molar refractivity (Wildman–Crippen MR) is 76.4 cm³/mol. The van der Waals surface area contributed by atoms with Crippen LogP contribution in [0.3, 0.4) is 0 Å². The van der Waals surface area contributed by atoms with E-state index in [1.165, 1.54) is 31.0 Å². The Labute approximate surface area is 119 Å². The molecule has 0 spiro atoms. The van der Waals surface area contributed by atoms with Crippen molar-refractivity contribution in [3.63, 3.8) is 0 Å². The third-order valence-electron chi connectivity index (χ3n) is 3.34. The Morgan fingerprint density at radius 1 is 1.50 bits per heavy atom. The first kappa shape index (κ1) is 14.8. The first-order chi connectivity index (χ1) is 9.44. The van der Waals surface area contributed by atoms with E-state index >= 15 is 0 Å². The first-order valence-electron chi connectivity index (χ1n) is 6.43. The van der Waals surface area contributed by atoms with E-state index in [2.05, 4.69) is 9.62 Å². The summed E-state index contributed by atoms with van der Waals surface area (Å²) >= 11 is 0. The summed E-state index contributed by atoms with van der Waals surface area (Å²) in [5.41, 5.74) is 5.99. The molecular weight excluding hydrogens is 276 g/mol. The van der Waals surface area contributed by atoms with E-state index in [0.717, 1.165) is 0 Å². The average molecular weight is 294 g/mol. The lowest BCUT2D eigenvalue weighted by molar-refractivity contribution is 0.329. The zero-order chi connectivity index (χ0) is 14.8. The Kier molecular flexibility index (Phi) is 4.28. The topological polar surface area (TPSA) is 99.2 Å². The van der Waals surface area contributed by atoms with Crippen LogP contribution < -0.4 is 10.5 Å². The fraction of sp³-hybridized carbons (Fsp3) is 0.462. The molecule has 108 valence electrons. The number of nitrogens with one attached hydrogen (secondary N) is 1. The van der Waals surface area contributed by atoms with Crippen LogP contribution in [0.4, 0.5) is 5.69 Å². The number of sulfonamides is 1. The van der Waals surface area contributed by atoms with Crippen LogP contribution in [0.1, 0.15) is 18.4 Å². The second-order valence-electron chi connectivity index (χ2n) is 4.98. The molecule has 1 aliphatic rings. The lowest BCUT2D eigenvalue weighted by Gasteiger charge is -2.16. The van der Waals surface area contributed by atoms with Crippen molar-refractivity contribution in [1.82, 2.24) is 9.62 Å². The number of nitrogen functional groups attached to an aromatic ring is 1. The molecule has 3 N–H and O–H groups in total. The zero-order valence-electron chi connectivity index (χ0n) is 11.3. The number of anilines is 1. The molecule has 1 aromatic rings. The summed E-state index contributed by atoms with van der Waals surface area (Å²) in [5, 5.41) is 8.99. The minimum atomic E-state index is -3.68. The molecule has 6 nitrogen and oxygen atoms in total. The number of benzene rings is 1. The van der Waals surface area contributed by atoms with E-state index in [1.54, 1.807) is 0 Å². The van der Waals surface area contributed by atoms with Crippen LogP contribution in [0.2, 0.25) is 0 Å². The lowest BCUT2D eigenvalue weighted by Crippen LogP contribution is -2.34.